The Morgan fingerprint density at radius 3 is 2.56 bits per heavy atom. The molecule has 0 bridgehead atoms. The number of methoxy groups -OCH3 is 1. The van der Waals surface area contributed by atoms with Crippen molar-refractivity contribution in [3.63, 3.8) is 0 Å². The second-order valence-corrected chi connectivity index (χ2v) is 7.98. The van der Waals surface area contributed by atoms with Crippen molar-refractivity contribution in [3.8, 4) is 0 Å². The Labute approximate surface area is 164 Å². The zero-order chi connectivity index (χ0) is 20.6. The van der Waals surface area contributed by atoms with Crippen LogP contribution >= 0.6 is 11.3 Å². The van der Waals surface area contributed by atoms with E-state index in [9.17, 15) is 9.59 Å². The first-order valence-corrected chi connectivity index (χ1v) is 10.0. The molecule has 2 unspecified atom stereocenters. The smallest absolute Gasteiger partial charge is 0.357 e. The minimum absolute atomic E-state index is 0.0345. The highest BCUT2D eigenvalue weighted by atomic mass is 32.1. The van der Waals surface area contributed by atoms with Gasteiger partial charge in [-0.2, -0.15) is 0 Å². The van der Waals surface area contributed by atoms with Crippen molar-refractivity contribution in [1.29, 1.82) is 0 Å². The Morgan fingerprint density at radius 1 is 1.37 bits per heavy atom. The molecule has 1 aromatic heterocycles. The number of carbonyl (C=O) groups is 2. The molecule has 1 N–H and O–H groups in total. The summed E-state index contributed by atoms with van der Waals surface area (Å²) in [4.78, 5) is 31.4. The molecule has 0 radical (unpaired) electrons. The molecule has 0 saturated heterocycles. The number of amides is 1. The Hall–Kier alpha value is -2.12. The van der Waals surface area contributed by atoms with Gasteiger partial charge in [-0.05, 0) is 23.8 Å². The lowest BCUT2D eigenvalue weighted by Gasteiger charge is -2.27. The Morgan fingerprint density at radius 2 is 2.04 bits per heavy atom. The van der Waals surface area contributed by atoms with Gasteiger partial charge >= 0.3 is 5.97 Å². The SMILES string of the molecule is CC[C@H](C)C(N=[N+]=[N-])C(=O)NC(C[C@@H](C)c1nc(C(=O)OC)cs1)C(C)C. The maximum Gasteiger partial charge on any atom is 0.357 e. The van der Waals surface area contributed by atoms with E-state index in [0.717, 1.165) is 11.4 Å². The van der Waals surface area contributed by atoms with Crippen LogP contribution in [0.4, 0.5) is 0 Å². The van der Waals surface area contributed by atoms with E-state index in [0.29, 0.717) is 12.1 Å². The number of ether oxygens (including phenoxy) is 1. The molecule has 1 amide bonds. The van der Waals surface area contributed by atoms with Gasteiger partial charge in [-0.25, -0.2) is 9.78 Å². The number of hydrogen-bond donors (Lipinski definition) is 1. The van der Waals surface area contributed by atoms with Crippen LogP contribution in [0.15, 0.2) is 10.5 Å². The lowest BCUT2D eigenvalue weighted by atomic mass is 9.92. The zero-order valence-corrected chi connectivity index (χ0v) is 17.6. The van der Waals surface area contributed by atoms with Crippen LogP contribution in [0.1, 0.15) is 68.9 Å². The van der Waals surface area contributed by atoms with Crippen LogP contribution in [0, 0.1) is 11.8 Å². The molecule has 0 aliphatic carbocycles. The summed E-state index contributed by atoms with van der Waals surface area (Å²) in [5, 5.41) is 9.23. The highest BCUT2D eigenvalue weighted by Gasteiger charge is 2.28. The van der Waals surface area contributed by atoms with Gasteiger partial charge in [-0.3, -0.25) is 4.79 Å². The minimum atomic E-state index is -0.720. The summed E-state index contributed by atoms with van der Waals surface area (Å²) >= 11 is 1.41. The second kappa shape index (κ2) is 10.9. The number of carbonyl (C=O) groups excluding carboxylic acids is 2. The molecule has 0 saturated carbocycles. The molecule has 0 aliphatic heterocycles. The molecular formula is C18H29N5O3S. The summed E-state index contributed by atoms with van der Waals surface area (Å²) in [6, 6.07) is -0.819. The molecule has 0 aromatic carbocycles. The van der Waals surface area contributed by atoms with Gasteiger partial charge in [0.15, 0.2) is 5.69 Å². The first-order valence-electron chi connectivity index (χ1n) is 9.13. The fraction of sp³-hybridized carbons (Fsp3) is 0.722. The number of esters is 1. The molecule has 150 valence electrons. The maximum absolute atomic E-state index is 12.6. The van der Waals surface area contributed by atoms with E-state index in [4.69, 9.17) is 10.3 Å². The van der Waals surface area contributed by atoms with Gasteiger partial charge < -0.3 is 10.1 Å². The van der Waals surface area contributed by atoms with Crippen LogP contribution < -0.4 is 5.32 Å². The number of thiazole rings is 1. The molecule has 1 aromatic rings. The predicted molar refractivity (Wildman–Crippen MR) is 106 cm³/mol. The third kappa shape index (κ3) is 6.52. The monoisotopic (exact) mass is 395 g/mol. The Bertz CT molecular complexity index is 684. The highest BCUT2D eigenvalue weighted by molar-refractivity contribution is 7.09. The van der Waals surface area contributed by atoms with Crippen molar-refractivity contribution in [3.05, 3.63) is 26.5 Å². The molecule has 1 rings (SSSR count). The number of nitrogens with zero attached hydrogens (tertiary/aromatic N) is 4. The third-order valence-electron chi connectivity index (χ3n) is 4.71. The van der Waals surface area contributed by atoms with Gasteiger partial charge in [0, 0.05) is 22.3 Å². The summed E-state index contributed by atoms with van der Waals surface area (Å²) in [6.45, 7) is 9.94. The number of aromatic nitrogens is 1. The zero-order valence-electron chi connectivity index (χ0n) is 16.8. The molecule has 0 aliphatic rings. The first kappa shape index (κ1) is 22.9. The first-order chi connectivity index (χ1) is 12.7. The van der Waals surface area contributed by atoms with Gasteiger partial charge in [0.1, 0.15) is 6.04 Å². The van der Waals surface area contributed by atoms with Crippen LogP contribution in [0.5, 0.6) is 0 Å². The quantitative estimate of drug-likeness (QED) is 0.275. The summed E-state index contributed by atoms with van der Waals surface area (Å²) in [7, 11) is 1.33. The lowest BCUT2D eigenvalue weighted by Crippen LogP contribution is -2.45. The molecule has 8 nitrogen and oxygen atoms in total. The number of rotatable bonds is 10. The van der Waals surface area contributed by atoms with E-state index < -0.39 is 12.0 Å². The largest absolute Gasteiger partial charge is 0.464 e. The van der Waals surface area contributed by atoms with Crippen molar-refractivity contribution in [2.24, 2.45) is 17.0 Å². The molecule has 4 atom stereocenters. The van der Waals surface area contributed by atoms with E-state index in [1.165, 1.54) is 18.4 Å². The van der Waals surface area contributed by atoms with Crippen molar-refractivity contribution in [1.82, 2.24) is 10.3 Å². The highest BCUT2D eigenvalue weighted by Crippen LogP contribution is 2.27. The van der Waals surface area contributed by atoms with Gasteiger partial charge in [-0.15, -0.1) is 11.3 Å². The second-order valence-electron chi connectivity index (χ2n) is 7.09. The van der Waals surface area contributed by atoms with Crippen LogP contribution in [0.3, 0.4) is 0 Å². The van der Waals surface area contributed by atoms with Crippen molar-refractivity contribution < 1.29 is 14.3 Å². The fourth-order valence-electron chi connectivity index (χ4n) is 2.66. The maximum atomic E-state index is 12.6. The third-order valence-corrected chi connectivity index (χ3v) is 5.78. The van der Waals surface area contributed by atoms with E-state index >= 15 is 0 Å². The van der Waals surface area contributed by atoms with E-state index in [1.807, 2.05) is 34.6 Å². The summed E-state index contributed by atoms with van der Waals surface area (Å²) in [6.07, 6.45) is 1.41. The van der Waals surface area contributed by atoms with E-state index in [2.05, 4.69) is 20.3 Å². The van der Waals surface area contributed by atoms with Gasteiger partial charge in [0.2, 0.25) is 5.91 Å². The van der Waals surface area contributed by atoms with Crippen molar-refractivity contribution >= 4 is 23.2 Å². The van der Waals surface area contributed by atoms with Crippen molar-refractivity contribution in [2.45, 2.75) is 65.5 Å². The van der Waals surface area contributed by atoms with Gasteiger partial charge in [0.05, 0.1) is 12.1 Å². The van der Waals surface area contributed by atoms with Gasteiger partial charge in [-0.1, -0.05) is 46.2 Å². The standard InChI is InChI=1S/C18H29N5O3S/c1-7-11(4)15(22-23-19)16(24)20-13(10(2)3)8-12(5)17-21-14(9-27-17)18(25)26-6/h9-13,15H,7-8H2,1-6H3,(H,20,24)/t11-,12+,13?,15?/m0/s1. The summed E-state index contributed by atoms with van der Waals surface area (Å²) in [5.74, 6) is -0.484. The van der Waals surface area contributed by atoms with Crippen LogP contribution in [-0.2, 0) is 9.53 Å². The molecule has 27 heavy (non-hydrogen) atoms. The van der Waals surface area contributed by atoms with Crippen LogP contribution in [-0.4, -0.2) is 36.1 Å². The fourth-order valence-corrected chi connectivity index (χ4v) is 3.52. The number of nitrogens with one attached hydrogen (secondary N) is 1. The Balaban J connectivity index is 2.86. The molecule has 0 fully saturated rings. The van der Waals surface area contributed by atoms with E-state index in [-0.39, 0.29) is 29.7 Å². The normalized spacial score (nSPS) is 15.4. The molecular weight excluding hydrogens is 366 g/mol. The minimum Gasteiger partial charge on any atom is -0.464 e. The lowest BCUT2D eigenvalue weighted by molar-refractivity contribution is -0.124. The van der Waals surface area contributed by atoms with Crippen LogP contribution in [0.25, 0.3) is 10.4 Å². The number of azide groups is 1. The topological polar surface area (TPSA) is 117 Å². The van der Waals surface area contributed by atoms with Crippen molar-refractivity contribution in [2.75, 3.05) is 7.11 Å². The number of hydrogen-bond acceptors (Lipinski definition) is 6. The molecule has 0 spiro atoms. The summed E-state index contributed by atoms with van der Waals surface area (Å²) < 4.78 is 4.69. The average molecular weight is 396 g/mol. The van der Waals surface area contributed by atoms with E-state index in [1.54, 1.807) is 5.38 Å². The molecule has 9 heteroatoms. The molecule has 1 heterocycles. The Kier molecular flexibility index (Phi) is 9.25. The van der Waals surface area contributed by atoms with Gasteiger partial charge in [0.25, 0.3) is 0 Å². The summed E-state index contributed by atoms with van der Waals surface area (Å²) in [5.41, 5.74) is 9.07. The predicted octanol–water partition coefficient (Wildman–Crippen LogP) is 4.29. The van der Waals surface area contributed by atoms with Crippen LogP contribution in [0.2, 0.25) is 0 Å². The average Bonchev–Trinajstić information content (AvgIpc) is 3.14.